The summed E-state index contributed by atoms with van der Waals surface area (Å²) < 4.78 is 1.52. The average Bonchev–Trinajstić information content (AvgIpc) is 2.38. The molecule has 0 saturated carbocycles. The van der Waals surface area contributed by atoms with Crippen LogP contribution in [0.1, 0.15) is 20.3 Å². The number of anilines is 1. The van der Waals surface area contributed by atoms with Gasteiger partial charge in [0.05, 0.1) is 37.2 Å². The van der Waals surface area contributed by atoms with E-state index < -0.39 is 5.54 Å². The fraction of sp³-hybridized carbons (Fsp3) is 0.636. The molecule has 1 aromatic heterocycles. The van der Waals surface area contributed by atoms with Crippen molar-refractivity contribution in [3.8, 4) is 0 Å². The van der Waals surface area contributed by atoms with Gasteiger partial charge in [-0.05, 0) is 29.3 Å². The Morgan fingerprint density at radius 2 is 2.22 bits per heavy atom. The van der Waals surface area contributed by atoms with Crippen molar-refractivity contribution >= 4 is 21.6 Å². The van der Waals surface area contributed by atoms with Gasteiger partial charge in [0.2, 0.25) is 0 Å². The van der Waals surface area contributed by atoms with Gasteiger partial charge in [-0.1, -0.05) is 6.92 Å². The number of aliphatic hydroxyl groups is 2. The Hall–Kier alpha value is -0.920. The van der Waals surface area contributed by atoms with Crippen molar-refractivity contribution in [2.75, 3.05) is 18.5 Å². The van der Waals surface area contributed by atoms with Crippen LogP contribution in [0.2, 0.25) is 0 Å². The summed E-state index contributed by atoms with van der Waals surface area (Å²) in [5.74, 6) is 0. The van der Waals surface area contributed by atoms with E-state index in [4.69, 9.17) is 5.11 Å². The van der Waals surface area contributed by atoms with E-state index in [2.05, 4.69) is 26.3 Å². The van der Waals surface area contributed by atoms with Crippen molar-refractivity contribution in [1.82, 2.24) is 9.78 Å². The summed E-state index contributed by atoms with van der Waals surface area (Å²) in [7, 11) is 0. The maximum Gasteiger partial charge on any atom is 0.283 e. The van der Waals surface area contributed by atoms with Gasteiger partial charge in [0.25, 0.3) is 5.56 Å². The molecule has 0 aliphatic heterocycles. The Balaban J connectivity index is 3.06. The van der Waals surface area contributed by atoms with Crippen molar-refractivity contribution in [3.05, 3.63) is 21.0 Å². The molecule has 1 rings (SSSR count). The zero-order valence-corrected chi connectivity index (χ0v) is 12.1. The zero-order chi connectivity index (χ0) is 13.8. The van der Waals surface area contributed by atoms with Crippen LogP contribution in [0.15, 0.2) is 15.5 Å². The molecule has 1 unspecified atom stereocenters. The lowest BCUT2D eigenvalue weighted by atomic mass is 10.0. The molecule has 6 nitrogen and oxygen atoms in total. The normalized spacial score (nSPS) is 14.3. The summed E-state index contributed by atoms with van der Waals surface area (Å²) in [5, 5.41) is 25.2. The number of hydrogen-bond donors (Lipinski definition) is 3. The number of aliphatic hydroxyl groups excluding tert-OH is 2. The smallest absolute Gasteiger partial charge is 0.283 e. The van der Waals surface area contributed by atoms with Gasteiger partial charge in [0.15, 0.2) is 0 Å². The van der Waals surface area contributed by atoms with E-state index in [0.29, 0.717) is 16.6 Å². The van der Waals surface area contributed by atoms with Crippen molar-refractivity contribution in [3.63, 3.8) is 0 Å². The molecular weight excluding hydrogens is 302 g/mol. The second-order valence-corrected chi connectivity index (χ2v) is 5.11. The van der Waals surface area contributed by atoms with Gasteiger partial charge < -0.3 is 15.5 Å². The third kappa shape index (κ3) is 3.30. The molecule has 0 amide bonds. The van der Waals surface area contributed by atoms with Crippen LogP contribution in [0.4, 0.5) is 5.69 Å². The SMILES string of the molecule is CCC(C)(CO)Nc1cnn(CCO)c(=O)c1Br. The Labute approximate surface area is 114 Å². The molecule has 18 heavy (non-hydrogen) atoms. The minimum Gasteiger partial charge on any atom is -0.394 e. The molecular formula is C11H18BrN3O3. The maximum absolute atomic E-state index is 11.9. The molecule has 0 aliphatic rings. The average molecular weight is 320 g/mol. The first-order chi connectivity index (χ1) is 8.47. The molecule has 3 N–H and O–H groups in total. The van der Waals surface area contributed by atoms with Crippen LogP contribution in [0.3, 0.4) is 0 Å². The van der Waals surface area contributed by atoms with Gasteiger partial charge in [-0.3, -0.25) is 4.79 Å². The minimum atomic E-state index is -0.500. The molecule has 0 aromatic carbocycles. The third-order valence-electron chi connectivity index (χ3n) is 2.86. The number of nitrogens with zero attached hydrogens (tertiary/aromatic N) is 2. The predicted octanol–water partition coefficient (Wildman–Crippen LogP) is 0.571. The highest BCUT2D eigenvalue weighted by Crippen LogP contribution is 2.22. The van der Waals surface area contributed by atoms with E-state index in [1.54, 1.807) is 0 Å². The second kappa shape index (κ2) is 6.31. The molecule has 1 heterocycles. The summed E-state index contributed by atoms with van der Waals surface area (Å²) in [4.78, 5) is 11.9. The second-order valence-electron chi connectivity index (χ2n) is 4.32. The van der Waals surface area contributed by atoms with E-state index >= 15 is 0 Å². The summed E-state index contributed by atoms with van der Waals surface area (Å²) >= 11 is 3.21. The van der Waals surface area contributed by atoms with Gasteiger partial charge in [0, 0.05) is 0 Å². The monoisotopic (exact) mass is 319 g/mol. The van der Waals surface area contributed by atoms with Crippen LogP contribution in [-0.2, 0) is 6.54 Å². The maximum atomic E-state index is 11.9. The first-order valence-electron chi connectivity index (χ1n) is 5.73. The Kier molecular flexibility index (Phi) is 5.30. The van der Waals surface area contributed by atoms with Gasteiger partial charge in [-0.2, -0.15) is 5.10 Å². The number of hydrogen-bond acceptors (Lipinski definition) is 5. The van der Waals surface area contributed by atoms with Crippen LogP contribution in [0.5, 0.6) is 0 Å². The molecule has 7 heteroatoms. The third-order valence-corrected chi connectivity index (χ3v) is 3.63. The van der Waals surface area contributed by atoms with Crippen LogP contribution >= 0.6 is 15.9 Å². The lowest BCUT2D eigenvalue weighted by Crippen LogP contribution is -2.39. The molecule has 0 aliphatic carbocycles. The van der Waals surface area contributed by atoms with E-state index in [-0.39, 0.29) is 25.3 Å². The molecule has 0 fully saturated rings. The Morgan fingerprint density at radius 3 is 2.72 bits per heavy atom. The quantitative estimate of drug-likeness (QED) is 0.713. The summed E-state index contributed by atoms with van der Waals surface area (Å²) in [6.45, 7) is 3.77. The highest BCUT2D eigenvalue weighted by molar-refractivity contribution is 9.10. The number of aromatic nitrogens is 2. The van der Waals surface area contributed by atoms with Gasteiger partial charge in [-0.25, -0.2) is 4.68 Å². The van der Waals surface area contributed by atoms with Crippen LogP contribution in [-0.4, -0.2) is 38.7 Å². The lowest BCUT2D eigenvalue weighted by Gasteiger charge is -2.28. The topological polar surface area (TPSA) is 87.4 Å². The molecule has 1 atom stereocenters. The first-order valence-corrected chi connectivity index (χ1v) is 6.52. The fourth-order valence-corrected chi connectivity index (χ4v) is 1.78. The highest BCUT2D eigenvalue weighted by atomic mass is 79.9. The van der Waals surface area contributed by atoms with Crippen LogP contribution in [0.25, 0.3) is 0 Å². The number of nitrogens with one attached hydrogen (secondary N) is 1. The Morgan fingerprint density at radius 1 is 1.56 bits per heavy atom. The van der Waals surface area contributed by atoms with Crippen molar-refractivity contribution in [2.45, 2.75) is 32.4 Å². The molecule has 1 aromatic rings. The van der Waals surface area contributed by atoms with Crippen molar-refractivity contribution in [2.24, 2.45) is 0 Å². The van der Waals surface area contributed by atoms with Crippen LogP contribution < -0.4 is 10.9 Å². The predicted molar refractivity (Wildman–Crippen MR) is 72.7 cm³/mol. The summed E-state index contributed by atoms with van der Waals surface area (Å²) in [6.07, 6.45) is 2.21. The van der Waals surface area contributed by atoms with Gasteiger partial charge in [-0.15, -0.1) is 0 Å². The van der Waals surface area contributed by atoms with Crippen molar-refractivity contribution in [1.29, 1.82) is 0 Å². The molecule has 0 spiro atoms. The first kappa shape index (κ1) is 15.1. The minimum absolute atomic E-state index is 0.0460. The van der Waals surface area contributed by atoms with E-state index in [1.807, 2.05) is 13.8 Å². The van der Waals surface area contributed by atoms with Crippen molar-refractivity contribution < 1.29 is 10.2 Å². The Bertz CT molecular complexity index is 457. The van der Waals surface area contributed by atoms with E-state index in [0.717, 1.165) is 0 Å². The fourth-order valence-electron chi connectivity index (χ4n) is 1.37. The van der Waals surface area contributed by atoms with Gasteiger partial charge >= 0.3 is 0 Å². The molecule has 0 radical (unpaired) electrons. The van der Waals surface area contributed by atoms with Gasteiger partial charge in [0.1, 0.15) is 4.47 Å². The number of halogens is 1. The molecule has 0 saturated heterocycles. The zero-order valence-electron chi connectivity index (χ0n) is 10.5. The molecule has 102 valence electrons. The highest BCUT2D eigenvalue weighted by Gasteiger charge is 2.22. The molecule has 0 bridgehead atoms. The van der Waals surface area contributed by atoms with E-state index in [9.17, 15) is 9.90 Å². The number of rotatable bonds is 6. The lowest BCUT2D eigenvalue weighted by molar-refractivity contribution is 0.219. The standard InChI is InChI=1S/C11H18BrN3O3/c1-3-11(2,7-17)14-8-6-13-15(4-5-16)10(18)9(8)12/h6,14,16-17H,3-5,7H2,1-2H3. The summed E-state index contributed by atoms with van der Waals surface area (Å²) in [5.41, 5.74) is -0.280. The largest absolute Gasteiger partial charge is 0.394 e. The summed E-state index contributed by atoms with van der Waals surface area (Å²) in [6, 6.07) is 0. The van der Waals surface area contributed by atoms with E-state index in [1.165, 1.54) is 10.9 Å². The van der Waals surface area contributed by atoms with Crippen LogP contribution in [0, 0.1) is 0 Å².